The molecule has 0 bridgehead atoms. The zero-order valence-corrected chi connectivity index (χ0v) is 8.73. The number of ether oxygens (including phenoxy) is 2. The van der Waals surface area contributed by atoms with E-state index >= 15 is 0 Å². The Morgan fingerprint density at radius 3 is 2.60 bits per heavy atom. The molecular weight excluding hydrogens is 198 g/mol. The third-order valence-corrected chi connectivity index (χ3v) is 1.93. The zero-order chi connectivity index (χ0) is 11.4. The molecule has 0 saturated carbocycles. The molecule has 0 aromatic carbocycles. The number of pyridine rings is 1. The highest BCUT2D eigenvalue weighted by atomic mass is 16.5. The molecule has 0 spiro atoms. The fourth-order valence-corrected chi connectivity index (χ4v) is 1.16. The van der Waals surface area contributed by atoms with Gasteiger partial charge in [0.2, 0.25) is 5.88 Å². The van der Waals surface area contributed by atoms with Gasteiger partial charge in [-0.2, -0.15) is 0 Å². The smallest absolute Gasteiger partial charge is 0.339 e. The SMILES string of the molecule is COC(=O)c1cc(C=O)c(OC)nc1C. The number of aldehydes is 1. The molecule has 0 N–H and O–H groups in total. The number of carbonyl (C=O) groups excluding carboxylic acids is 2. The van der Waals surface area contributed by atoms with E-state index < -0.39 is 5.97 Å². The average Bonchev–Trinajstić information content (AvgIpc) is 2.27. The van der Waals surface area contributed by atoms with E-state index in [0.29, 0.717) is 12.0 Å². The van der Waals surface area contributed by atoms with Crippen molar-refractivity contribution in [2.75, 3.05) is 14.2 Å². The molecule has 0 radical (unpaired) electrons. The highest BCUT2D eigenvalue weighted by Gasteiger charge is 2.15. The van der Waals surface area contributed by atoms with E-state index in [2.05, 4.69) is 9.72 Å². The molecule has 0 amide bonds. The summed E-state index contributed by atoms with van der Waals surface area (Å²) in [5.41, 5.74) is 0.952. The molecule has 5 nitrogen and oxygen atoms in total. The van der Waals surface area contributed by atoms with Crippen LogP contribution in [0.3, 0.4) is 0 Å². The summed E-state index contributed by atoms with van der Waals surface area (Å²) in [5, 5.41) is 0. The largest absolute Gasteiger partial charge is 0.480 e. The van der Waals surface area contributed by atoms with Gasteiger partial charge in [-0.3, -0.25) is 4.79 Å². The normalized spacial score (nSPS) is 9.53. The summed E-state index contributed by atoms with van der Waals surface area (Å²) in [6, 6.07) is 1.40. The van der Waals surface area contributed by atoms with Crippen molar-refractivity contribution < 1.29 is 19.1 Å². The first-order valence-corrected chi connectivity index (χ1v) is 4.23. The lowest BCUT2D eigenvalue weighted by Gasteiger charge is -2.07. The van der Waals surface area contributed by atoms with Gasteiger partial charge in [-0.05, 0) is 13.0 Å². The van der Waals surface area contributed by atoms with Crippen LogP contribution >= 0.6 is 0 Å². The van der Waals surface area contributed by atoms with Crippen molar-refractivity contribution in [3.05, 3.63) is 22.9 Å². The number of aryl methyl sites for hydroxylation is 1. The number of hydrogen-bond donors (Lipinski definition) is 0. The Bertz CT molecular complexity index is 401. The Morgan fingerprint density at radius 1 is 1.47 bits per heavy atom. The van der Waals surface area contributed by atoms with Gasteiger partial charge in [0.1, 0.15) is 0 Å². The van der Waals surface area contributed by atoms with Gasteiger partial charge in [-0.1, -0.05) is 0 Å². The maximum absolute atomic E-state index is 11.3. The maximum Gasteiger partial charge on any atom is 0.339 e. The number of carbonyl (C=O) groups is 2. The highest BCUT2D eigenvalue weighted by molar-refractivity contribution is 5.93. The first kappa shape index (κ1) is 11.2. The number of hydrogen-bond acceptors (Lipinski definition) is 5. The van der Waals surface area contributed by atoms with Crippen molar-refractivity contribution in [1.29, 1.82) is 0 Å². The third-order valence-electron chi connectivity index (χ3n) is 1.93. The Kier molecular flexibility index (Phi) is 3.38. The standard InChI is InChI=1S/C10H11NO4/c1-6-8(10(13)15-3)4-7(5-12)9(11-6)14-2/h4-5H,1-3H3. The summed E-state index contributed by atoms with van der Waals surface area (Å²) < 4.78 is 9.45. The minimum atomic E-state index is -0.522. The Balaban J connectivity index is 3.31. The molecule has 0 unspecified atom stereocenters. The quantitative estimate of drug-likeness (QED) is 0.548. The molecule has 0 aliphatic carbocycles. The van der Waals surface area contributed by atoms with Crippen LogP contribution in [0.1, 0.15) is 26.4 Å². The summed E-state index contributed by atoms with van der Waals surface area (Å²) in [6.07, 6.45) is 0.581. The molecule has 1 heterocycles. The molecule has 0 atom stereocenters. The van der Waals surface area contributed by atoms with E-state index in [9.17, 15) is 9.59 Å². The van der Waals surface area contributed by atoms with Gasteiger partial charge in [0.25, 0.3) is 0 Å². The van der Waals surface area contributed by atoms with E-state index in [0.717, 1.165) is 0 Å². The fraction of sp³-hybridized carbons (Fsp3) is 0.300. The summed E-state index contributed by atoms with van der Waals surface area (Å²) >= 11 is 0. The summed E-state index contributed by atoms with van der Waals surface area (Å²) in [5.74, 6) is -0.319. The molecule has 0 aliphatic heterocycles. The number of rotatable bonds is 3. The van der Waals surface area contributed by atoms with E-state index in [1.165, 1.54) is 20.3 Å². The summed E-state index contributed by atoms with van der Waals surface area (Å²) in [4.78, 5) is 25.9. The molecular formula is C10H11NO4. The molecule has 80 valence electrons. The van der Waals surface area contributed by atoms with Crippen molar-refractivity contribution in [2.45, 2.75) is 6.92 Å². The molecule has 0 aliphatic rings. The van der Waals surface area contributed by atoms with E-state index in [-0.39, 0.29) is 17.0 Å². The van der Waals surface area contributed by atoms with Crippen LogP contribution in [0.5, 0.6) is 5.88 Å². The molecule has 15 heavy (non-hydrogen) atoms. The Morgan fingerprint density at radius 2 is 2.13 bits per heavy atom. The van der Waals surface area contributed by atoms with Gasteiger partial charge in [-0.15, -0.1) is 0 Å². The predicted octanol–water partition coefficient (Wildman–Crippen LogP) is 0.998. The van der Waals surface area contributed by atoms with Gasteiger partial charge >= 0.3 is 5.97 Å². The summed E-state index contributed by atoms with van der Waals surface area (Å²) in [7, 11) is 2.68. The van der Waals surface area contributed by atoms with Crippen molar-refractivity contribution in [3.63, 3.8) is 0 Å². The number of aromatic nitrogens is 1. The number of nitrogens with zero attached hydrogens (tertiary/aromatic N) is 1. The number of methoxy groups -OCH3 is 2. The number of esters is 1. The van der Waals surface area contributed by atoms with Gasteiger partial charge in [0, 0.05) is 0 Å². The molecule has 1 aromatic heterocycles. The third kappa shape index (κ3) is 2.12. The fourth-order valence-electron chi connectivity index (χ4n) is 1.16. The molecule has 5 heteroatoms. The van der Waals surface area contributed by atoms with E-state index in [1.54, 1.807) is 6.92 Å². The zero-order valence-electron chi connectivity index (χ0n) is 8.73. The second kappa shape index (κ2) is 4.54. The van der Waals surface area contributed by atoms with Gasteiger partial charge in [0.15, 0.2) is 6.29 Å². The lowest BCUT2D eigenvalue weighted by Crippen LogP contribution is -2.08. The van der Waals surface area contributed by atoms with Crippen LogP contribution in [0.25, 0.3) is 0 Å². The van der Waals surface area contributed by atoms with Crippen LogP contribution < -0.4 is 4.74 Å². The van der Waals surface area contributed by atoms with Crippen LogP contribution in [0.2, 0.25) is 0 Å². The Hall–Kier alpha value is -1.91. The van der Waals surface area contributed by atoms with Gasteiger partial charge < -0.3 is 9.47 Å². The lowest BCUT2D eigenvalue weighted by atomic mass is 10.1. The van der Waals surface area contributed by atoms with Gasteiger partial charge in [0.05, 0.1) is 31.0 Å². The monoisotopic (exact) mass is 209 g/mol. The van der Waals surface area contributed by atoms with E-state index in [1.807, 2.05) is 0 Å². The molecule has 1 rings (SSSR count). The predicted molar refractivity (Wildman–Crippen MR) is 52.3 cm³/mol. The van der Waals surface area contributed by atoms with Crippen LogP contribution in [-0.2, 0) is 4.74 Å². The van der Waals surface area contributed by atoms with Crippen molar-refractivity contribution in [1.82, 2.24) is 4.98 Å². The van der Waals surface area contributed by atoms with Crippen molar-refractivity contribution in [2.24, 2.45) is 0 Å². The van der Waals surface area contributed by atoms with Crippen LogP contribution in [0, 0.1) is 6.92 Å². The molecule has 0 fully saturated rings. The van der Waals surface area contributed by atoms with Crippen LogP contribution in [0.4, 0.5) is 0 Å². The average molecular weight is 209 g/mol. The van der Waals surface area contributed by atoms with E-state index in [4.69, 9.17) is 4.74 Å². The molecule has 1 aromatic rings. The molecule has 0 saturated heterocycles. The lowest BCUT2D eigenvalue weighted by molar-refractivity contribution is 0.0599. The van der Waals surface area contributed by atoms with Crippen LogP contribution in [-0.4, -0.2) is 31.5 Å². The summed E-state index contributed by atoms with van der Waals surface area (Å²) in [6.45, 7) is 1.64. The van der Waals surface area contributed by atoms with Crippen molar-refractivity contribution >= 4 is 12.3 Å². The Labute approximate surface area is 87.0 Å². The second-order valence-electron chi connectivity index (χ2n) is 2.83. The van der Waals surface area contributed by atoms with Gasteiger partial charge in [-0.25, -0.2) is 9.78 Å². The second-order valence-corrected chi connectivity index (χ2v) is 2.83. The first-order valence-electron chi connectivity index (χ1n) is 4.23. The first-order chi connectivity index (χ1) is 7.13. The van der Waals surface area contributed by atoms with Crippen LogP contribution in [0.15, 0.2) is 6.07 Å². The topological polar surface area (TPSA) is 65.5 Å². The maximum atomic E-state index is 11.3. The minimum Gasteiger partial charge on any atom is -0.480 e. The minimum absolute atomic E-state index is 0.204. The highest BCUT2D eigenvalue weighted by Crippen LogP contribution is 2.18. The van der Waals surface area contributed by atoms with Crippen molar-refractivity contribution in [3.8, 4) is 5.88 Å².